The van der Waals surface area contributed by atoms with Gasteiger partial charge in [0.05, 0.1) is 5.71 Å². The Labute approximate surface area is 54.4 Å². The van der Waals surface area contributed by atoms with E-state index in [9.17, 15) is 4.79 Å². The fraction of sp³-hybridized carbons (Fsp3) is 0.143. The van der Waals surface area contributed by atoms with Gasteiger partial charge in [0.15, 0.2) is 5.78 Å². The zero-order valence-electron chi connectivity index (χ0n) is 5.35. The van der Waals surface area contributed by atoms with Crippen LogP contribution in [0, 0.1) is 5.41 Å². The van der Waals surface area contributed by atoms with Gasteiger partial charge in [0.2, 0.25) is 0 Å². The zero-order valence-corrected chi connectivity index (χ0v) is 5.35. The maximum absolute atomic E-state index is 10.2. The van der Waals surface area contributed by atoms with E-state index in [0.717, 1.165) is 0 Å². The van der Waals surface area contributed by atoms with Crippen LogP contribution in [0.5, 0.6) is 0 Å². The second kappa shape index (κ2) is 3.78. The minimum Gasteiger partial charge on any atom is -0.301 e. The fourth-order valence-corrected chi connectivity index (χ4v) is 0.275. The molecule has 0 saturated heterocycles. The van der Waals surface area contributed by atoms with Crippen molar-refractivity contribution < 1.29 is 4.79 Å². The molecule has 0 saturated carbocycles. The molecule has 0 aromatic heterocycles. The van der Waals surface area contributed by atoms with E-state index in [2.05, 4.69) is 6.58 Å². The minimum absolute atomic E-state index is 0.0541. The summed E-state index contributed by atoms with van der Waals surface area (Å²) in [6, 6.07) is 0. The van der Waals surface area contributed by atoms with E-state index < -0.39 is 0 Å². The van der Waals surface area contributed by atoms with Crippen molar-refractivity contribution in [1.29, 1.82) is 5.41 Å². The molecule has 0 aromatic carbocycles. The van der Waals surface area contributed by atoms with Gasteiger partial charge in [0.25, 0.3) is 0 Å². The lowest BCUT2D eigenvalue weighted by Crippen LogP contribution is -1.85. The van der Waals surface area contributed by atoms with Crippen LogP contribution < -0.4 is 0 Å². The highest BCUT2D eigenvalue weighted by Crippen LogP contribution is 1.79. The molecule has 0 aliphatic carbocycles. The van der Waals surface area contributed by atoms with Crippen molar-refractivity contribution in [2.45, 2.75) is 6.92 Å². The second-order valence-corrected chi connectivity index (χ2v) is 1.60. The summed E-state index contributed by atoms with van der Waals surface area (Å²) in [7, 11) is 0. The first-order valence-corrected chi connectivity index (χ1v) is 2.56. The zero-order chi connectivity index (χ0) is 7.28. The Hall–Kier alpha value is -1.18. The molecule has 1 N–H and O–H groups in total. The summed E-state index contributed by atoms with van der Waals surface area (Å²) < 4.78 is 0. The van der Waals surface area contributed by atoms with Crippen LogP contribution in [-0.2, 0) is 4.79 Å². The van der Waals surface area contributed by atoms with Gasteiger partial charge < -0.3 is 5.41 Å². The van der Waals surface area contributed by atoms with Gasteiger partial charge in [0.1, 0.15) is 0 Å². The minimum atomic E-state index is -0.0541. The van der Waals surface area contributed by atoms with Crippen LogP contribution in [0.25, 0.3) is 0 Å². The van der Waals surface area contributed by atoms with Crippen LogP contribution in [0.3, 0.4) is 0 Å². The van der Waals surface area contributed by atoms with E-state index in [1.54, 1.807) is 0 Å². The van der Waals surface area contributed by atoms with Gasteiger partial charge in [-0.05, 0) is 25.2 Å². The number of allylic oxidation sites excluding steroid dienone is 3. The Morgan fingerprint density at radius 1 is 1.56 bits per heavy atom. The molecule has 0 radical (unpaired) electrons. The number of rotatable bonds is 3. The Morgan fingerprint density at radius 3 is 2.44 bits per heavy atom. The fourth-order valence-electron chi connectivity index (χ4n) is 0.275. The molecule has 2 nitrogen and oxygen atoms in total. The van der Waals surface area contributed by atoms with Crippen LogP contribution >= 0.6 is 0 Å². The van der Waals surface area contributed by atoms with Crippen molar-refractivity contribution >= 4 is 11.5 Å². The number of carbonyl (C=O) groups excluding carboxylic acids is 1. The predicted octanol–water partition coefficient (Wildman–Crippen LogP) is 1.34. The van der Waals surface area contributed by atoms with Gasteiger partial charge in [0, 0.05) is 0 Å². The van der Waals surface area contributed by atoms with Crippen molar-refractivity contribution in [2.24, 2.45) is 0 Å². The summed E-state index contributed by atoms with van der Waals surface area (Å²) in [4.78, 5) is 10.2. The van der Waals surface area contributed by atoms with E-state index in [1.165, 1.54) is 25.2 Å². The number of nitrogens with one attached hydrogen (secondary N) is 1. The molecular formula is C7H9NO. The lowest BCUT2D eigenvalue weighted by molar-refractivity contribution is -0.112. The van der Waals surface area contributed by atoms with E-state index in [0.29, 0.717) is 0 Å². The molecule has 0 rings (SSSR count). The van der Waals surface area contributed by atoms with E-state index in [4.69, 9.17) is 5.41 Å². The molecular weight excluding hydrogens is 114 g/mol. The van der Waals surface area contributed by atoms with Crippen LogP contribution in [-0.4, -0.2) is 11.5 Å². The molecule has 0 fully saturated rings. The van der Waals surface area contributed by atoms with Gasteiger partial charge in [-0.1, -0.05) is 6.58 Å². The summed E-state index contributed by atoms with van der Waals surface area (Å²) in [6.45, 7) is 4.79. The van der Waals surface area contributed by atoms with E-state index >= 15 is 0 Å². The van der Waals surface area contributed by atoms with Crippen molar-refractivity contribution in [1.82, 2.24) is 0 Å². The van der Waals surface area contributed by atoms with Crippen LogP contribution in [0.1, 0.15) is 6.92 Å². The monoisotopic (exact) mass is 123 g/mol. The Bertz CT molecular complexity index is 168. The normalized spacial score (nSPS) is 9.44. The first kappa shape index (κ1) is 7.82. The average Bonchev–Trinajstić information content (AvgIpc) is 1.83. The molecule has 2 heteroatoms. The topological polar surface area (TPSA) is 40.9 Å². The highest BCUT2D eigenvalue weighted by Gasteiger charge is 1.82. The maximum Gasteiger partial charge on any atom is 0.152 e. The predicted molar refractivity (Wildman–Crippen MR) is 37.7 cm³/mol. The molecule has 48 valence electrons. The highest BCUT2D eigenvalue weighted by atomic mass is 16.1. The van der Waals surface area contributed by atoms with Crippen molar-refractivity contribution in [3.8, 4) is 0 Å². The third-order valence-electron chi connectivity index (χ3n) is 0.718. The van der Waals surface area contributed by atoms with Gasteiger partial charge in [-0.3, -0.25) is 4.79 Å². The molecule has 0 atom stereocenters. The first-order valence-electron chi connectivity index (χ1n) is 2.56. The molecule has 9 heavy (non-hydrogen) atoms. The second-order valence-electron chi connectivity index (χ2n) is 1.60. The third kappa shape index (κ3) is 4.68. The average molecular weight is 123 g/mol. The van der Waals surface area contributed by atoms with Crippen LogP contribution in [0.15, 0.2) is 24.8 Å². The highest BCUT2D eigenvalue weighted by molar-refractivity contribution is 6.04. The molecule has 0 amide bonds. The molecule has 0 aromatic rings. The third-order valence-corrected chi connectivity index (χ3v) is 0.718. The molecule has 0 spiro atoms. The number of ketones is 1. The summed E-state index contributed by atoms with van der Waals surface area (Å²) >= 11 is 0. The molecule has 0 aliphatic heterocycles. The summed E-state index contributed by atoms with van der Waals surface area (Å²) in [5.74, 6) is -0.0541. The van der Waals surface area contributed by atoms with Crippen molar-refractivity contribution in [2.75, 3.05) is 0 Å². The number of hydrogen-bond acceptors (Lipinski definition) is 2. The molecule has 0 unspecified atom stereocenters. The number of hydrogen-bond donors (Lipinski definition) is 1. The molecule has 0 heterocycles. The van der Waals surface area contributed by atoms with Crippen LogP contribution in [0.2, 0.25) is 0 Å². The lowest BCUT2D eigenvalue weighted by Gasteiger charge is -1.80. The quantitative estimate of drug-likeness (QED) is 0.446. The summed E-state index contributed by atoms with van der Waals surface area (Å²) in [5, 5.41) is 6.97. The van der Waals surface area contributed by atoms with E-state index in [-0.39, 0.29) is 11.5 Å². The van der Waals surface area contributed by atoms with Gasteiger partial charge in [-0.15, -0.1) is 0 Å². The van der Waals surface area contributed by atoms with Crippen molar-refractivity contribution in [3.05, 3.63) is 24.8 Å². The standard InChI is InChI=1S/C7H9NO/c1-3-7(8)5-4-6(2)9/h3-5,8H,1H2,2H3/b5-4-,8-7?. The Balaban J connectivity index is 3.85. The number of carbonyl (C=O) groups is 1. The van der Waals surface area contributed by atoms with Gasteiger partial charge >= 0.3 is 0 Å². The lowest BCUT2D eigenvalue weighted by atomic mass is 10.3. The maximum atomic E-state index is 10.2. The van der Waals surface area contributed by atoms with Gasteiger partial charge in [-0.25, -0.2) is 0 Å². The SMILES string of the molecule is C=CC(=N)/C=C\C(C)=O. The molecule has 0 aliphatic rings. The Morgan fingerprint density at radius 2 is 2.11 bits per heavy atom. The first-order chi connectivity index (χ1) is 4.16. The summed E-state index contributed by atoms with van der Waals surface area (Å²) in [5.41, 5.74) is 0.255. The van der Waals surface area contributed by atoms with Crippen LogP contribution in [0.4, 0.5) is 0 Å². The molecule has 0 bridgehead atoms. The van der Waals surface area contributed by atoms with Gasteiger partial charge in [-0.2, -0.15) is 0 Å². The van der Waals surface area contributed by atoms with Crippen molar-refractivity contribution in [3.63, 3.8) is 0 Å². The summed E-state index contributed by atoms with van der Waals surface area (Å²) in [6.07, 6.45) is 4.12. The Kier molecular flexibility index (Phi) is 3.28. The smallest absolute Gasteiger partial charge is 0.152 e. The van der Waals surface area contributed by atoms with E-state index in [1.807, 2.05) is 0 Å². The largest absolute Gasteiger partial charge is 0.301 e.